The van der Waals surface area contributed by atoms with E-state index < -0.39 is 6.09 Å². The van der Waals surface area contributed by atoms with Crippen LogP contribution in [0.5, 0.6) is 0 Å². The zero-order chi connectivity index (χ0) is 8.97. The van der Waals surface area contributed by atoms with Crippen LogP contribution in [0.25, 0.3) is 0 Å². The van der Waals surface area contributed by atoms with Crippen molar-refractivity contribution in [2.45, 2.75) is 0 Å². The number of pyridine rings is 1. The lowest BCUT2D eigenvalue weighted by atomic mass is 10.4. The number of ether oxygens (including phenoxy) is 1. The van der Waals surface area contributed by atoms with Crippen LogP contribution in [0.15, 0.2) is 24.5 Å². The molecule has 1 aromatic rings. The standard InChI is InChI=1S/C8H10N2O2.HI/c1-10-5-3-4-7(6-10)9-8(11)12-2;/h3-6H,1-2H3;1H. The normalized spacial score (nSPS) is 8.46. The van der Waals surface area contributed by atoms with Gasteiger partial charge in [0, 0.05) is 6.07 Å². The summed E-state index contributed by atoms with van der Waals surface area (Å²) < 4.78 is 6.27. The zero-order valence-electron chi connectivity index (χ0n) is 7.45. The van der Waals surface area contributed by atoms with Gasteiger partial charge in [0.2, 0.25) is 0 Å². The van der Waals surface area contributed by atoms with Gasteiger partial charge in [-0.05, 0) is 6.07 Å². The summed E-state index contributed by atoms with van der Waals surface area (Å²) in [4.78, 5) is 10.7. The Labute approximate surface area is 93.9 Å². The van der Waals surface area contributed by atoms with E-state index in [1.807, 2.05) is 23.9 Å². The van der Waals surface area contributed by atoms with Gasteiger partial charge in [-0.2, -0.15) is 0 Å². The SMILES string of the molecule is COC(=O)Nc1ccc[n+](C)c1.[I-]. The summed E-state index contributed by atoms with van der Waals surface area (Å²) >= 11 is 0. The molecule has 5 heteroatoms. The molecule has 1 N–H and O–H groups in total. The van der Waals surface area contributed by atoms with E-state index in [2.05, 4.69) is 10.1 Å². The summed E-state index contributed by atoms with van der Waals surface area (Å²) in [6, 6.07) is 3.63. The molecule has 0 atom stereocenters. The molecule has 0 bridgehead atoms. The third kappa shape index (κ3) is 4.07. The van der Waals surface area contributed by atoms with Gasteiger partial charge in [0.1, 0.15) is 12.7 Å². The molecule has 72 valence electrons. The summed E-state index contributed by atoms with van der Waals surface area (Å²) in [6.45, 7) is 0. The summed E-state index contributed by atoms with van der Waals surface area (Å²) in [5.41, 5.74) is 0.715. The van der Waals surface area contributed by atoms with Crippen molar-refractivity contribution in [2.24, 2.45) is 7.05 Å². The van der Waals surface area contributed by atoms with Gasteiger partial charge in [0.15, 0.2) is 12.4 Å². The van der Waals surface area contributed by atoms with Crippen LogP contribution < -0.4 is 33.9 Å². The van der Waals surface area contributed by atoms with Crippen LogP contribution in [0.2, 0.25) is 0 Å². The van der Waals surface area contributed by atoms with Crippen LogP contribution in [0.1, 0.15) is 0 Å². The van der Waals surface area contributed by atoms with Gasteiger partial charge >= 0.3 is 6.09 Å². The Hall–Kier alpha value is -0.850. The second kappa shape index (κ2) is 5.74. The molecule has 0 saturated carbocycles. The number of anilines is 1. The minimum atomic E-state index is -0.457. The number of carbonyl (C=O) groups excluding carboxylic acids is 1. The van der Waals surface area contributed by atoms with E-state index in [1.54, 1.807) is 12.3 Å². The Morgan fingerprint density at radius 2 is 2.31 bits per heavy atom. The van der Waals surface area contributed by atoms with Crippen LogP contribution in [0, 0.1) is 0 Å². The minimum absolute atomic E-state index is 0. The molecule has 0 spiro atoms. The predicted octanol–water partition coefficient (Wildman–Crippen LogP) is -2.31. The molecule has 4 nitrogen and oxygen atoms in total. The first kappa shape index (κ1) is 12.2. The Morgan fingerprint density at radius 3 is 2.85 bits per heavy atom. The summed E-state index contributed by atoms with van der Waals surface area (Å²) in [6.07, 6.45) is 3.21. The topological polar surface area (TPSA) is 42.2 Å². The molecular formula is C8H11IN2O2. The maximum atomic E-state index is 10.7. The molecule has 0 saturated heterocycles. The Bertz CT molecular complexity index is 291. The van der Waals surface area contributed by atoms with Gasteiger partial charge in [-0.15, -0.1) is 0 Å². The highest BCUT2D eigenvalue weighted by atomic mass is 127. The van der Waals surface area contributed by atoms with Gasteiger partial charge in [0.25, 0.3) is 0 Å². The monoisotopic (exact) mass is 294 g/mol. The highest BCUT2D eigenvalue weighted by Gasteiger charge is 2.02. The summed E-state index contributed by atoms with van der Waals surface area (Å²) in [5.74, 6) is 0. The maximum absolute atomic E-state index is 10.7. The first-order chi connectivity index (χ1) is 5.72. The molecule has 0 fully saturated rings. The molecule has 0 radical (unpaired) electrons. The molecule has 1 amide bonds. The van der Waals surface area contributed by atoms with E-state index in [0.717, 1.165) is 0 Å². The van der Waals surface area contributed by atoms with E-state index in [1.165, 1.54) is 7.11 Å². The number of carbonyl (C=O) groups is 1. The number of aryl methyl sites for hydroxylation is 1. The van der Waals surface area contributed by atoms with Crippen molar-refractivity contribution in [2.75, 3.05) is 12.4 Å². The highest BCUT2D eigenvalue weighted by Crippen LogP contribution is 2.00. The number of methoxy groups -OCH3 is 1. The highest BCUT2D eigenvalue weighted by molar-refractivity contribution is 5.83. The fourth-order valence-corrected chi connectivity index (χ4v) is 0.831. The van der Waals surface area contributed by atoms with E-state index in [9.17, 15) is 4.79 Å². The van der Waals surface area contributed by atoms with Gasteiger partial charge in [-0.25, -0.2) is 9.36 Å². The Kier molecular flexibility index (Phi) is 5.36. The number of hydrogen-bond donors (Lipinski definition) is 1. The van der Waals surface area contributed by atoms with Crippen molar-refractivity contribution >= 4 is 11.8 Å². The van der Waals surface area contributed by atoms with Crippen LogP contribution >= 0.6 is 0 Å². The molecule has 0 aliphatic heterocycles. The third-order valence-electron chi connectivity index (χ3n) is 1.37. The van der Waals surface area contributed by atoms with Crippen LogP contribution in [-0.4, -0.2) is 13.2 Å². The van der Waals surface area contributed by atoms with Gasteiger partial charge in [-0.1, -0.05) is 0 Å². The van der Waals surface area contributed by atoms with Crippen molar-refractivity contribution in [3.05, 3.63) is 24.5 Å². The quantitative estimate of drug-likeness (QED) is 0.467. The van der Waals surface area contributed by atoms with Crippen molar-refractivity contribution in [3.8, 4) is 0 Å². The third-order valence-corrected chi connectivity index (χ3v) is 1.37. The number of amides is 1. The lowest BCUT2D eigenvalue weighted by Crippen LogP contribution is -3.00. The first-order valence-corrected chi connectivity index (χ1v) is 3.52. The van der Waals surface area contributed by atoms with Crippen LogP contribution in [0.4, 0.5) is 10.5 Å². The summed E-state index contributed by atoms with van der Waals surface area (Å²) in [7, 11) is 3.21. The molecule has 1 heterocycles. The maximum Gasteiger partial charge on any atom is 0.411 e. The number of nitrogens with one attached hydrogen (secondary N) is 1. The molecule has 0 aliphatic rings. The van der Waals surface area contributed by atoms with Crippen LogP contribution in [0.3, 0.4) is 0 Å². The Balaban J connectivity index is 0.00000144. The lowest BCUT2D eigenvalue weighted by Gasteiger charge is -2.00. The second-order valence-electron chi connectivity index (χ2n) is 2.37. The van der Waals surface area contributed by atoms with E-state index >= 15 is 0 Å². The molecule has 0 aromatic carbocycles. The largest absolute Gasteiger partial charge is 1.00 e. The van der Waals surface area contributed by atoms with Crippen molar-refractivity contribution in [1.82, 2.24) is 0 Å². The average Bonchev–Trinajstić information content (AvgIpc) is 2.04. The number of rotatable bonds is 1. The van der Waals surface area contributed by atoms with Crippen molar-refractivity contribution in [3.63, 3.8) is 0 Å². The molecule has 1 aromatic heterocycles. The zero-order valence-corrected chi connectivity index (χ0v) is 9.61. The van der Waals surface area contributed by atoms with Gasteiger partial charge in [0.05, 0.1) is 7.11 Å². The van der Waals surface area contributed by atoms with E-state index in [4.69, 9.17) is 0 Å². The second-order valence-corrected chi connectivity index (χ2v) is 2.37. The summed E-state index contributed by atoms with van der Waals surface area (Å²) in [5, 5.41) is 2.55. The molecule has 0 unspecified atom stereocenters. The van der Waals surface area contributed by atoms with Crippen molar-refractivity contribution < 1.29 is 38.1 Å². The number of aromatic nitrogens is 1. The van der Waals surface area contributed by atoms with Crippen LogP contribution in [-0.2, 0) is 11.8 Å². The molecule has 0 aliphatic carbocycles. The molecule has 1 rings (SSSR count). The molecule has 13 heavy (non-hydrogen) atoms. The number of hydrogen-bond acceptors (Lipinski definition) is 2. The minimum Gasteiger partial charge on any atom is -1.00 e. The average molecular weight is 294 g/mol. The smallest absolute Gasteiger partial charge is 0.411 e. The lowest BCUT2D eigenvalue weighted by molar-refractivity contribution is -0.670. The van der Waals surface area contributed by atoms with E-state index in [0.29, 0.717) is 5.69 Å². The molecular weight excluding hydrogens is 283 g/mol. The van der Waals surface area contributed by atoms with Gasteiger partial charge < -0.3 is 28.7 Å². The fourth-order valence-electron chi connectivity index (χ4n) is 0.831. The number of halogens is 1. The number of nitrogens with zero attached hydrogens (tertiary/aromatic N) is 1. The first-order valence-electron chi connectivity index (χ1n) is 3.52. The van der Waals surface area contributed by atoms with Gasteiger partial charge in [-0.3, -0.25) is 5.32 Å². The van der Waals surface area contributed by atoms with Crippen molar-refractivity contribution in [1.29, 1.82) is 0 Å². The fraction of sp³-hybridized carbons (Fsp3) is 0.250. The predicted molar refractivity (Wildman–Crippen MR) is 43.6 cm³/mol. The Morgan fingerprint density at radius 1 is 1.62 bits per heavy atom. The van der Waals surface area contributed by atoms with E-state index in [-0.39, 0.29) is 24.0 Å².